The third-order valence-electron chi connectivity index (χ3n) is 3.15. The summed E-state index contributed by atoms with van der Waals surface area (Å²) in [6, 6.07) is 6.05. The van der Waals surface area contributed by atoms with Crippen molar-refractivity contribution in [3.8, 4) is 0 Å². The van der Waals surface area contributed by atoms with Gasteiger partial charge >= 0.3 is 5.69 Å². The summed E-state index contributed by atoms with van der Waals surface area (Å²) in [5.74, 6) is 0.834. The van der Waals surface area contributed by atoms with Gasteiger partial charge in [0.05, 0.1) is 11.0 Å². The number of fused-ring (bicyclic) bond motifs is 1. The number of aromatic amines is 2. The highest BCUT2D eigenvalue weighted by atomic mass is 32.1. The molecule has 1 aromatic carbocycles. The van der Waals surface area contributed by atoms with E-state index in [4.69, 9.17) is 0 Å². The zero-order valence-electron chi connectivity index (χ0n) is 10.7. The lowest BCUT2D eigenvalue weighted by molar-refractivity contribution is 0.479. The summed E-state index contributed by atoms with van der Waals surface area (Å²) in [7, 11) is 0. The predicted octanol–water partition coefficient (Wildman–Crippen LogP) is 1.65. The fourth-order valence-electron chi connectivity index (χ4n) is 2.04. The van der Waals surface area contributed by atoms with Gasteiger partial charge in [0.2, 0.25) is 0 Å². The minimum absolute atomic E-state index is 0.0191. The van der Waals surface area contributed by atoms with Gasteiger partial charge in [-0.2, -0.15) is 12.6 Å². The Morgan fingerprint density at radius 1 is 1.28 bits per heavy atom. The van der Waals surface area contributed by atoms with Gasteiger partial charge in [-0.25, -0.2) is 4.79 Å². The van der Waals surface area contributed by atoms with Crippen LogP contribution in [0, 0.1) is 0 Å². The molecule has 0 spiro atoms. The average Bonchev–Trinajstić information content (AvgIpc) is 2.68. The number of rotatable bonds is 5. The fraction of sp³-hybridized carbons (Fsp3) is 0.462. The van der Waals surface area contributed by atoms with E-state index in [1.807, 2.05) is 12.1 Å². The van der Waals surface area contributed by atoms with Crippen LogP contribution in [-0.4, -0.2) is 28.8 Å². The third-order valence-corrected chi connectivity index (χ3v) is 3.38. The van der Waals surface area contributed by atoms with Gasteiger partial charge in [-0.1, -0.05) is 19.9 Å². The van der Waals surface area contributed by atoms with Gasteiger partial charge in [-0.15, -0.1) is 0 Å². The first-order valence-corrected chi connectivity index (χ1v) is 6.70. The van der Waals surface area contributed by atoms with Crippen LogP contribution in [0.3, 0.4) is 0 Å². The molecule has 1 aromatic heterocycles. The van der Waals surface area contributed by atoms with Crippen LogP contribution in [0.2, 0.25) is 0 Å². The van der Waals surface area contributed by atoms with Crippen molar-refractivity contribution in [2.24, 2.45) is 0 Å². The standard InChI is InChI=1S/C13H19N3OS/c1-13(2,8-14-5-6-18)9-3-4-10-11(7-9)16-12(17)15-10/h3-4,7,14,18H,5-6,8H2,1-2H3,(H2,15,16,17). The van der Waals surface area contributed by atoms with Crippen molar-refractivity contribution < 1.29 is 0 Å². The Balaban J connectivity index is 2.25. The highest BCUT2D eigenvalue weighted by Crippen LogP contribution is 2.24. The summed E-state index contributed by atoms with van der Waals surface area (Å²) in [5, 5.41) is 3.37. The van der Waals surface area contributed by atoms with Crippen LogP contribution in [0.4, 0.5) is 0 Å². The van der Waals surface area contributed by atoms with Gasteiger partial charge in [0.1, 0.15) is 0 Å². The molecule has 98 valence electrons. The van der Waals surface area contributed by atoms with Crippen LogP contribution in [0.25, 0.3) is 11.0 Å². The Morgan fingerprint density at radius 3 is 2.72 bits per heavy atom. The molecule has 3 N–H and O–H groups in total. The molecular formula is C13H19N3OS. The number of benzene rings is 1. The smallest absolute Gasteiger partial charge is 0.315 e. The van der Waals surface area contributed by atoms with Crippen LogP contribution in [0.1, 0.15) is 19.4 Å². The number of thiol groups is 1. The molecule has 0 atom stereocenters. The number of imidazole rings is 1. The van der Waals surface area contributed by atoms with Crippen molar-refractivity contribution in [2.75, 3.05) is 18.8 Å². The van der Waals surface area contributed by atoms with Crippen molar-refractivity contribution in [1.29, 1.82) is 0 Å². The van der Waals surface area contributed by atoms with Gasteiger partial charge in [-0.3, -0.25) is 0 Å². The molecule has 0 aliphatic carbocycles. The first-order chi connectivity index (χ1) is 8.53. The highest BCUT2D eigenvalue weighted by molar-refractivity contribution is 7.80. The Morgan fingerprint density at radius 2 is 2.00 bits per heavy atom. The Kier molecular flexibility index (Phi) is 3.82. The first-order valence-electron chi connectivity index (χ1n) is 6.07. The Hall–Kier alpha value is -1.20. The molecule has 0 bridgehead atoms. The van der Waals surface area contributed by atoms with Crippen LogP contribution >= 0.6 is 12.6 Å². The van der Waals surface area contributed by atoms with Crippen LogP contribution in [-0.2, 0) is 5.41 Å². The molecule has 0 aliphatic rings. The molecule has 0 saturated heterocycles. The molecule has 0 aliphatic heterocycles. The van der Waals surface area contributed by atoms with Gasteiger partial charge in [0, 0.05) is 24.3 Å². The van der Waals surface area contributed by atoms with E-state index in [2.05, 4.69) is 47.8 Å². The second kappa shape index (κ2) is 5.20. The van der Waals surface area contributed by atoms with Crippen molar-refractivity contribution >= 4 is 23.7 Å². The lowest BCUT2D eigenvalue weighted by Gasteiger charge is -2.25. The second-order valence-corrected chi connectivity index (χ2v) is 5.57. The summed E-state index contributed by atoms with van der Waals surface area (Å²) in [5.41, 5.74) is 2.78. The number of H-pyrrole nitrogens is 2. The topological polar surface area (TPSA) is 60.7 Å². The summed E-state index contributed by atoms with van der Waals surface area (Å²) in [6.45, 7) is 6.15. The Bertz CT molecular complexity index is 585. The van der Waals surface area contributed by atoms with Gasteiger partial charge in [-0.05, 0) is 17.7 Å². The zero-order chi connectivity index (χ0) is 13.2. The molecule has 0 amide bonds. The number of hydrogen-bond donors (Lipinski definition) is 4. The zero-order valence-corrected chi connectivity index (χ0v) is 11.6. The lowest BCUT2D eigenvalue weighted by Crippen LogP contribution is -2.33. The van der Waals surface area contributed by atoms with Crippen molar-refractivity contribution in [1.82, 2.24) is 15.3 Å². The summed E-state index contributed by atoms with van der Waals surface area (Å²) in [6.07, 6.45) is 0. The minimum Gasteiger partial charge on any atom is -0.315 e. The van der Waals surface area contributed by atoms with E-state index in [1.165, 1.54) is 5.56 Å². The number of hydrogen-bond acceptors (Lipinski definition) is 3. The molecule has 2 aromatic rings. The average molecular weight is 265 g/mol. The molecule has 1 heterocycles. The molecular weight excluding hydrogens is 246 g/mol. The molecule has 0 fully saturated rings. The van der Waals surface area contributed by atoms with Gasteiger partial charge < -0.3 is 15.3 Å². The molecule has 18 heavy (non-hydrogen) atoms. The van der Waals surface area contributed by atoms with Crippen LogP contribution < -0.4 is 11.0 Å². The van der Waals surface area contributed by atoms with E-state index in [9.17, 15) is 4.79 Å². The quantitative estimate of drug-likeness (QED) is 0.491. The van der Waals surface area contributed by atoms with E-state index in [1.54, 1.807) is 0 Å². The summed E-state index contributed by atoms with van der Waals surface area (Å²) >= 11 is 4.18. The van der Waals surface area contributed by atoms with Crippen molar-refractivity contribution in [3.63, 3.8) is 0 Å². The van der Waals surface area contributed by atoms with Crippen molar-refractivity contribution in [3.05, 3.63) is 34.2 Å². The van der Waals surface area contributed by atoms with E-state index < -0.39 is 0 Å². The van der Waals surface area contributed by atoms with Crippen LogP contribution in [0.15, 0.2) is 23.0 Å². The molecule has 5 heteroatoms. The lowest BCUT2D eigenvalue weighted by atomic mass is 9.84. The Labute approximate surface area is 112 Å². The monoisotopic (exact) mass is 265 g/mol. The molecule has 0 saturated carbocycles. The van der Waals surface area contributed by atoms with Crippen molar-refractivity contribution in [2.45, 2.75) is 19.3 Å². The maximum absolute atomic E-state index is 11.2. The van der Waals surface area contributed by atoms with Crippen LogP contribution in [0.5, 0.6) is 0 Å². The van der Waals surface area contributed by atoms with E-state index >= 15 is 0 Å². The normalized spacial score (nSPS) is 12.2. The third kappa shape index (κ3) is 2.79. The molecule has 4 nitrogen and oxygen atoms in total. The molecule has 0 radical (unpaired) electrons. The largest absolute Gasteiger partial charge is 0.323 e. The maximum atomic E-state index is 11.2. The van der Waals surface area contributed by atoms with Gasteiger partial charge in [0.15, 0.2) is 0 Å². The van der Waals surface area contributed by atoms with E-state index in [0.717, 1.165) is 29.9 Å². The predicted molar refractivity (Wildman–Crippen MR) is 78.7 cm³/mol. The highest BCUT2D eigenvalue weighted by Gasteiger charge is 2.20. The molecule has 0 unspecified atom stereocenters. The number of nitrogens with one attached hydrogen (secondary N) is 3. The number of aromatic nitrogens is 2. The summed E-state index contributed by atoms with van der Waals surface area (Å²) in [4.78, 5) is 16.8. The second-order valence-electron chi connectivity index (χ2n) is 5.12. The SMILES string of the molecule is CC(C)(CNCCS)c1ccc2[nH]c(=O)[nH]c2c1. The molecule has 2 rings (SSSR count). The summed E-state index contributed by atoms with van der Waals surface area (Å²) < 4.78 is 0. The fourth-order valence-corrected chi connectivity index (χ4v) is 2.19. The minimum atomic E-state index is -0.159. The van der Waals surface area contributed by atoms with E-state index in [0.29, 0.717) is 0 Å². The maximum Gasteiger partial charge on any atom is 0.323 e. The van der Waals surface area contributed by atoms with Gasteiger partial charge in [0.25, 0.3) is 0 Å². The first kappa shape index (κ1) is 13.2. The van der Waals surface area contributed by atoms with E-state index in [-0.39, 0.29) is 11.1 Å².